The van der Waals surface area contributed by atoms with Crippen LogP contribution in [0, 0.1) is 11.8 Å². The van der Waals surface area contributed by atoms with Crippen molar-refractivity contribution >= 4 is 22.4 Å². The Morgan fingerprint density at radius 1 is 1.48 bits per heavy atom. The molecule has 0 saturated heterocycles. The summed E-state index contributed by atoms with van der Waals surface area (Å²) < 4.78 is 5.44. The molecular weight excluding hydrogens is 286 g/mol. The molecule has 2 rings (SSSR count). The molecule has 6 heteroatoms. The molecule has 0 unspecified atom stereocenters. The van der Waals surface area contributed by atoms with E-state index in [1.54, 1.807) is 24.4 Å². The Morgan fingerprint density at radius 2 is 2.29 bits per heavy atom. The molecule has 108 valence electrons. The number of aromatic nitrogens is 1. The summed E-state index contributed by atoms with van der Waals surface area (Å²) in [5, 5.41) is 3.24. The highest BCUT2D eigenvalue weighted by Crippen LogP contribution is 2.22. The fourth-order valence-electron chi connectivity index (χ4n) is 1.63. The molecule has 5 nitrogen and oxygen atoms in total. The number of para-hydroxylation sites is 1. The van der Waals surface area contributed by atoms with Gasteiger partial charge in [0.15, 0.2) is 5.13 Å². The average molecular weight is 301 g/mol. The summed E-state index contributed by atoms with van der Waals surface area (Å²) in [5.74, 6) is 5.91. The van der Waals surface area contributed by atoms with Crippen LogP contribution in [0.1, 0.15) is 22.2 Å². The topological polar surface area (TPSA) is 77.2 Å². The maximum Gasteiger partial charge on any atom is 0.261 e. The Morgan fingerprint density at radius 3 is 3.05 bits per heavy atom. The molecule has 1 aromatic heterocycles. The zero-order valence-electron chi connectivity index (χ0n) is 11.6. The molecule has 0 aliphatic carbocycles. The quantitative estimate of drug-likeness (QED) is 0.848. The van der Waals surface area contributed by atoms with E-state index in [0.717, 1.165) is 4.88 Å². The van der Waals surface area contributed by atoms with E-state index >= 15 is 0 Å². The van der Waals surface area contributed by atoms with E-state index in [2.05, 4.69) is 22.1 Å². The van der Waals surface area contributed by atoms with Gasteiger partial charge in [-0.05, 0) is 19.1 Å². The predicted molar refractivity (Wildman–Crippen MR) is 83.6 cm³/mol. The maximum absolute atomic E-state index is 12.3. The molecule has 0 radical (unpaired) electrons. The fourth-order valence-corrected chi connectivity index (χ4v) is 2.31. The predicted octanol–water partition coefficient (Wildman–Crippen LogP) is 2.10. The zero-order valence-corrected chi connectivity index (χ0v) is 12.4. The van der Waals surface area contributed by atoms with Gasteiger partial charge in [-0.1, -0.05) is 35.3 Å². The first-order valence-electron chi connectivity index (χ1n) is 6.42. The van der Waals surface area contributed by atoms with Crippen LogP contribution in [0.4, 0.5) is 5.13 Å². The number of benzene rings is 1. The second-order valence-corrected chi connectivity index (χ2v) is 4.95. The van der Waals surface area contributed by atoms with Crippen molar-refractivity contribution < 1.29 is 9.53 Å². The molecule has 0 saturated carbocycles. The van der Waals surface area contributed by atoms with Crippen LogP contribution < -0.4 is 15.8 Å². The van der Waals surface area contributed by atoms with Crippen molar-refractivity contribution in [3.05, 3.63) is 40.9 Å². The Labute approximate surface area is 127 Å². The summed E-state index contributed by atoms with van der Waals surface area (Å²) in [6.07, 6.45) is 1.61. The summed E-state index contributed by atoms with van der Waals surface area (Å²) in [6, 6.07) is 7.09. The molecule has 1 aromatic carbocycles. The van der Waals surface area contributed by atoms with E-state index in [-0.39, 0.29) is 5.91 Å². The number of hydrogen-bond acceptors (Lipinski definition) is 5. The molecule has 0 spiro atoms. The van der Waals surface area contributed by atoms with E-state index in [1.165, 1.54) is 11.3 Å². The van der Waals surface area contributed by atoms with E-state index in [0.29, 0.717) is 29.6 Å². The van der Waals surface area contributed by atoms with Crippen molar-refractivity contribution in [3.63, 3.8) is 0 Å². The Balaban J connectivity index is 2.13. The summed E-state index contributed by atoms with van der Waals surface area (Å²) in [6.45, 7) is 2.67. The number of anilines is 1. The van der Waals surface area contributed by atoms with Gasteiger partial charge in [0.25, 0.3) is 5.91 Å². The normalized spacial score (nSPS) is 9.62. The molecular formula is C15H15N3O2S. The minimum absolute atomic E-state index is 0.258. The van der Waals surface area contributed by atoms with Gasteiger partial charge >= 0.3 is 0 Å². The van der Waals surface area contributed by atoms with Crippen LogP contribution in [-0.2, 0) is 0 Å². The van der Waals surface area contributed by atoms with Crippen LogP contribution in [0.2, 0.25) is 0 Å². The van der Waals surface area contributed by atoms with Gasteiger partial charge < -0.3 is 10.5 Å². The van der Waals surface area contributed by atoms with Gasteiger partial charge in [0.1, 0.15) is 5.75 Å². The van der Waals surface area contributed by atoms with E-state index in [1.807, 2.05) is 13.0 Å². The molecule has 0 aliphatic rings. The first kappa shape index (κ1) is 15.0. The van der Waals surface area contributed by atoms with Crippen molar-refractivity contribution in [1.82, 2.24) is 4.98 Å². The number of amides is 1. The van der Waals surface area contributed by atoms with Crippen molar-refractivity contribution in [3.8, 4) is 17.6 Å². The third kappa shape index (κ3) is 4.05. The fraction of sp³-hybridized carbons (Fsp3) is 0.200. The minimum atomic E-state index is -0.258. The number of carbonyl (C=O) groups excluding carboxylic acids is 1. The molecule has 0 aliphatic heterocycles. The highest BCUT2D eigenvalue weighted by Gasteiger charge is 2.13. The number of hydrogen-bond donors (Lipinski definition) is 2. The Kier molecular flexibility index (Phi) is 5.32. The molecule has 0 fully saturated rings. The van der Waals surface area contributed by atoms with Gasteiger partial charge in [0.2, 0.25) is 0 Å². The minimum Gasteiger partial charge on any atom is -0.493 e. The third-order valence-corrected chi connectivity index (χ3v) is 3.30. The molecule has 0 atom stereocenters. The van der Waals surface area contributed by atoms with Crippen LogP contribution in [0.25, 0.3) is 0 Å². The molecule has 1 amide bonds. The number of rotatable bonds is 4. The summed E-state index contributed by atoms with van der Waals surface area (Å²) in [4.78, 5) is 17.1. The van der Waals surface area contributed by atoms with Gasteiger partial charge in [-0.25, -0.2) is 4.98 Å². The van der Waals surface area contributed by atoms with Crippen LogP contribution >= 0.6 is 11.3 Å². The second kappa shape index (κ2) is 7.43. The van der Waals surface area contributed by atoms with Crippen molar-refractivity contribution in [2.24, 2.45) is 5.73 Å². The summed E-state index contributed by atoms with van der Waals surface area (Å²) >= 11 is 1.30. The average Bonchev–Trinajstić information content (AvgIpc) is 2.93. The SMILES string of the molecule is CCOc1ccccc1C(=O)Nc1ncc(C#CCN)s1. The van der Waals surface area contributed by atoms with E-state index in [4.69, 9.17) is 10.5 Å². The Hall–Kier alpha value is -2.36. The summed E-state index contributed by atoms with van der Waals surface area (Å²) in [7, 11) is 0. The molecule has 1 heterocycles. The lowest BCUT2D eigenvalue weighted by Gasteiger charge is -2.08. The first-order valence-corrected chi connectivity index (χ1v) is 7.24. The number of nitrogens with zero attached hydrogens (tertiary/aromatic N) is 1. The largest absolute Gasteiger partial charge is 0.493 e. The Bertz CT molecular complexity index is 685. The van der Waals surface area contributed by atoms with Crippen molar-refractivity contribution in [2.45, 2.75) is 6.92 Å². The number of thiazole rings is 1. The monoisotopic (exact) mass is 301 g/mol. The highest BCUT2D eigenvalue weighted by atomic mass is 32.1. The first-order chi connectivity index (χ1) is 10.2. The lowest BCUT2D eigenvalue weighted by atomic mass is 10.2. The molecule has 2 aromatic rings. The highest BCUT2D eigenvalue weighted by molar-refractivity contribution is 7.16. The molecule has 0 bridgehead atoms. The van der Waals surface area contributed by atoms with Gasteiger partial charge in [-0.15, -0.1) is 0 Å². The number of nitrogens with one attached hydrogen (secondary N) is 1. The smallest absolute Gasteiger partial charge is 0.261 e. The molecule has 3 N–H and O–H groups in total. The maximum atomic E-state index is 12.3. The van der Waals surface area contributed by atoms with Gasteiger partial charge in [0.05, 0.1) is 29.8 Å². The van der Waals surface area contributed by atoms with Gasteiger partial charge in [0, 0.05) is 0 Å². The second-order valence-electron chi connectivity index (χ2n) is 3.92. The number of ether oxygens (including phenoxy) is 1. The van der Waals surface area contributed by atoms with Crippen LogP contribution in [0.15, 0.2) is 30.5 Å². The third-order valence-electron chi connectivity index (χ3n) is 2.47. The standard InChI is InChI=1S/C15H15N3O2S/c1-2-20-13-8-4-3-7-12(13)14(19)18-15-17-10-11(21-15)6-5-9-16/h3-4,7-8,10H,2,9,16H2,1H3,(H,17,18,19). The molecule has 21 heavy (non-hydrogen) atoms. The van der Waals surface area contributed by atoms with Crippen LogP contribution in [0.3, 0.4) is 0 Å². The van der Waals surface area contributed by atoms with E-state index in [9.17, 15) is 4.79 Å². The number of carbonyl (C=O) groups is 1. The lowest BCUT2D eigenvalue weighted by molar-refractivity contribution is 0.102. The van der Waals surface area contributed by atoms with Crippen LogP contribution in [0.5, 0.6) is 5.75 Å². The van der Waals surface area contributed by atoms with Gasteiger partial charge in [-0.3, -0.25) is 10.1 Å². The van der Waals surface area contributed by atoms with E-state index < -0.39 is 0 Å². The van der Waals surface area contributed by atoms with Crippen molar-refractivity contribution in [2.75, 3.05) is 18.5 Å². The lowest BCUT2D eigenvalue weighted by Crippen LogP contribution is -2.13. The summed E-state index contributed by atoms with van der Waals surface area (Å²) in [5.41, 5.74) is 5.79. The van der Waals surface area contributed by atoms with Gasteiger partial charge in [-0.2, -0.15) is 0 Å². The zero-order chi connectivity index (χ0) is 15.1. The number of nitrogens with two attached hydrogens (primary N) is 1. The van der Waals surface area contributed by atoms with Crippen LogP contribution in [-0.4, -0.2) is 24.0 Å². The van der Waals surface area contributed by atoms with Crippen molar-refractivity contribution in [1.29, 1.82) is 0 Å².